The fourth-order valence-electron chi connectivity index (χ4n) is 1.79. The second-order valence-electron chi connectivity index (χ2n) is 4.62. The van der Waals surface area contributed by atoms with E-state index in [0.717, 1.165) is 16.3 Å². The molecule has 20 heavy (non-hydrogen) atoms. The number of rotatable bonds is 5. The summed E-state index contributed by atoms with van der Waals surface area (Å²) in [6.45, 7) is 4.51. The van der Waals surface area contributed by atoms with Gasteiger partial charge in [-0.2, -0.15) is 0 Å². The molecule has 0 spiro atoms. The van der Waals surface area contributed by atoms with Gasteiger partial charge in [0.2, 0.25) is 5.91 Å². The van der Waals surface area contributed by atoms with Crippen LogP contribution in [0.25, 0.3) is 0 Å². The van der Waals surface area contributed by atoms with E-state index >= 15 is 0 Å². The van der Waals surface area contributed by atoms with Crippen LogP contribution in [-0.4, -0.2) is 10.9 Å². The zero-order valence-corrected chi connectivity index (χ0v) is 13.1. The van der Waals surface area contributed by atoms with E-state index in [-0.39, 0.29) is 5.91 Å². The minimum Gasteiger partial charge on any atom is -0.352 e. The highest BCUT2D eigenvalue weighted by Crippen LogP contribution is 2.18. The van der Waals surface area contributed by atoms with Crippen molar-refractivity contribution in [3.63, 3.8) is 0 Å². The Morgan fingerprint density at radius 3 is 2.75 bits per heavy atom. The Morgan fingerprint density at radius 1 is 1.35 bits per heavy atom. The Hall–Kier alpha value is -1.39. The number of amides is 1. The largest absolute Gasteiger partial charge is 0.352 e. The first-order chi connectivity index (χ1) is 9.56. The van der Waals surface area contributed by atoms with Crippen molar-refractivity contribution < 1.29 is 4.79 Å². The number of benzene rings is 1. The lowest BCUT2D eigenvalue weighted by Gasteiger charge is -2.06. The second-order valence-corrected chi connectivity index (χ2v) is 6.31. The van der Waals surface area contributed by atoms with Gasteiger partial charge in [0, 0.05) is 29.3 Å². The molecule has 2 rings (SSSR count). The van der Waals surface area contributed by atoms with Crippen LogP contribution in [0.1, 0.15) is 27.6 Å². The standard InChI is InChI=1S/C15H17ClN2OS/c1-10-11(2)20-15(18-10)8-7-14(19)17-9-12-5-3-4-6-13(12)16/h3-6H,7-9H2,1-2H3,(H,17,19). The molecule has 0 atom stereocenters. The molecule has 1 amide bonds. The van der Waals surface area contributed by atoms with Gasteiger partial charge in [0.05, 0.1) is 10.7 Å². The molecule has 1 heterocycles. The molecule has 0 saturated heterocycles. The molecule has 5 heteroatoms. The topological polar surface area (TPSA) is 42.0 Å². The van der Waals surface area contributed by atoms with Crippen LogP contribution in [0.5, 0.6) is 0 Å². The number of hydrogen-bond donors (Lipinski definition) is 1. The number of aromatic nitrogens is 1. The lowest BCUT2D eigenvalue weighted by atomic mass is 10.2. The van der Waals surface area contributed by atoms with Gasteiger partial charge in [-0.15, -0.1) is 11.3 Å². The fraction of sp³-hybridized carbons (Fsp3) is 0.333. The number of nitrogens with one attached hydrogen (secondary N) is 1. The van der Waals surface area contributed by atoms with Crippen LogP contribution < -0.4 is 5.32 Å². The van der Waals surface area contributed by atoms with Crippen LogP contribution in [0.15, 0.2) is 24.3 Å². The number of nitrogens with zero attached hydrogens (tertiary/aromatic N) is 1. The van der Waals surface area contributed by atoms with Gasteiger partial charge in [-0.1, -0.05) is 29.8 Å². The zero-order valence-electron chi connectivity index (χ0n) is 11.6. The minimum absolute atomic E-state index is 0.0235. The third-order valence-electron chi connectivity index (χ3n) is 3.07. The van der Waals surface area contributed by atoms with Crippen LogP contribution in [0, 0.1) is 13.8 Å². The molecule has 0 aliphatic heterocycles. The van der Waals surface area contributed by atoms with Crippen LogP contribution >= 0.6 is 22.9 Å². The third kappa shape index (κ3) is 4.05. The number of halogens is 1. The van der Waals surface area contributed by atoms with E-state index < -0.39 is 0 Å². The van der Waals surface area contributed by atoms with Gasteiger partial charge in [-0.05, 0) is 25.5 Å². The van der Waals surface area contributed by atoms with Crippen LogP contribution in [-0.2, 0) is 17.8 Å². The van der Waals surface area contributed by atoms with Crippen LogP contribution in [0.2, 0.25) is 5.02 Å². The Morgan fingerprint density at radius 2 is 2.10 bits per heavy atom. The second kappa shape index (κ2) is 6.86. The van der Waals surface area contributed by atoms with Gasteiger partial charge in [-0.3, -0.25) is 4.79 Å². The molecule has 0 aliphatic rings. The van der Waals surface area contributed by atoms with Crippen molar-refractivity contribution in [3.05, 3.63) is 50.4 Å². The highest BCUT2D eigenvalue weighted by atomic mass is 35.5. The quantitative estimate of drug-likeness (QED) is 0.916. The summed E-state index contributed by atoms with van der Waals surface area (Å²) in [5, 5.41) is 4.59. The molecular formula is C15H17ClN2OS. The summed E-state index contributed by atoms with van der Waals surface area (Å²) < 4.78 is 0. The normalized spacial score (nSPS) is 10.6. The molecule has 0 bridgehead atoms. The molecule has 0 saturated carbocycles. The summed E-state index contributed by atoms with van der Waals surface area (Å²) >= 11 is 7.70. The zero-order chi connectivity index (χ0) is 14.5. The van der Waals surface area contributed by atoms with E-state index in [4.69, 9.17) is 11.6 Å². The van der Waals surface area contributed by atoms with Crippen LogP contribution in [0.4, 0.5) is 0 Å². The van der Waals surface area contributed by atoms with Gasteiger partial charge >= 0.3 is 0 Å². The Kier molecular flexibility index (Phi) is 5.15. The average Bonchev–Trinajstić information content (AvgIpc) is 2.75. The van der Waals surface area contributed by atoms with E-state index in [0.29, 0.717) is 24.4 Å². The SMILES string of the molecule is Cc1nc(CCC(=O)NCc2ccccc2Cl)sc1C. The van der Waals surface area contributed by atoms with Crippen molar-refractivity contribution in [2.45, 2.75) is 33.2 Å². The predicted molar refractivity (Wildman–Crippen MR) is 83.2 cm³/mol. The molecule has 0 fully saturated rings. The van der Waals surface area contributed by atoms with E-state index in [1.54, 1.807) is 11.3 Å². The maximum atomic E-state index is 11.8. The summed E-state index contributed by atoms with van der Waals surface area (Å²) in [5.74, 6) is 0.0235. The first-order valence-corrected chi connectivity index (χ1v) is 7.68. The van der Waals surface area contributed by atoms with Crippen molar-refractivity contribution in [1.82, 2.24) is 10.3 Å². The van der Waals surface area contributed by atoms with Gasteiger partial charge in [-0.25, -0.2) is 4.98 Å². The molecule has 1 aromatic heterocycles. The number of thiazole rings is 1. The molecular weight excluding hydrogens is 292 g/mol. The highest BCUT2D eigenvalue weighted by molar-refractivity contribution is 7.11. The summed E-state index contributed by atoms with van der Waals surface area (Å²) in [6.07, 6.45) is 1.14. The van der Waals surface area contributed by atoms with Gasteiger partial charge in [0.1, 0.15) is 0 Å². The van der Waals surface area contributed by atoms with E-state index in [9.17, 15) is 4.79 Å². The van der Waals surface area contributed by atoms with Crippen LogP contribution in [0.3, 0.4) is 0 Å². The number of hydrogen-bond acceptors (Lipinski definition) is 3. The Balaban J connectivity index is 1.80. The number of carbonyl (C=O) groups excluding carboxylic acids is 1. The van der Waals surface area contributed by atoms with Crippen molar-refractivity contribution in [2.24, 2.45) is 0 Å². The molecule has 2 aromatic rings. The summed E-state index contributed by atoms with van der Waals surface area (Å²) in [6, 6.07) is 7.52. The summed E-state index contributed by atoms with van der Waals surface area (Å²) in [7, 11) is 0. The van der Waals surface area contributed by atoms with E-state index in [1.807, 2.05) is 38.1 Å². The smallest absolute Gasteiger partial charge is 0.220 e. The fourth-order valence-corrected chi connectivity index (χ4v) is 2.93. The van der Waals surface area contributed by atoms with E-state index in [1.165, 1.54) is 4.88 Å². The molecule has 1 aromatic carbocycles. The average molecular weight is 309 g/mol. The molecule has 0 aliphatic carbocycles. The predicted octanol–water partition coefficient (Wildman–Crippen LogP) is 3.66. The first kappa shape index (κ1) is 15.0. The minimum atomic E-state index is 0.0235. The summed E-state index contributed by atoms with van der Waals surface area (Å²) in [5.41, 5.74) is 1.99. The maximum Gasteiger partial charge on any atom is 0.220 e. The van der Waals surface area contributed by atoms with E-state index in [2.05, 4.69) is 10.3 Å². The number of carbonyl (C=O) groups is 1. The molecule has 3 nitrogen and oxygen atoms in total. The Labute approximate surface area is 128 Å². The van der Waals surface area contributed by atoms with Gasteiger partial charge in [0.25, 0.3) is 0 Å². The molecule has 0 unspecified atom stereocenters. The van der Waals surface area contributed by atoms with Crippen molar-refractivity contribution in [1.29, 1.82) is 0 Å². The lowest BCUT2D eigenvalue weighted by molar-refractivity contribution is -0.121. The van der Waals surface area contributed by atoms with Gasteiger partial charge < -0.3 is 5.32 Å². The Bertz CT molecular complexity index is 590. The molecule has 1 N–H and O–H groups in total. The van der Waals surface area contributed by atoms with Crippen molar-refractivity contribution in [3.8, 4) is 0 Å². The van der Waals surface area contributed by atoms with Crippen molar-refractivity contribution in [2.75, 3.05) is 0 Å². The molecule has 0 radical (unpaired) electrons. The van der Waals surface area contributed by atoms with Crippen molar-refractivity contribution >= 4 is 28.8 Å². The first-order valence-electron chi connectivity index (χ1n) is 6.49. The monoisotopic (exact) mass is 308 g/mol. The summed E-state index contributed by atoms with van der Waals surface area (Å²) in [4.78, 5) is 17.5. The number of aryl methyl sites for hydroxylation is 3. The third-order valence-corrected chi connectivity index (χ3v) is 4.57. The maximum absolute atomic E-state index is 11.8. The lowest BCUT2D eigenvalue weighted by Crippen LogP contribution is -2.23. The van der Waals surface area contributed by atoms with Gasteiger partial charge in [0.15, 0.2) is 0 Å². The highest BCUT2D eigenvalue weighted by Gasteiger charge is 2.07. The molecule has 106 valence electrons.